The van der Waals surface area contributed by atoms with E-state index in [-0.39, 0.29) is 0 Å². The molecule has 0 radical (unpaired) electrons. The molecule has 26 heavy (non-hydrogen) atoms. The van der Waals surface area contributed by atoms with Crippen LogP contribution < -0.4 is 10.2 Å². The maximum atomic E-state index is 13.6. The van der Waals surface area contributed by atoms with Gasteiger partial charge >= 0.3 is 0 Å². The lowest BCUT2D eigenvalue weighted by molar-refractivity contribution is 0.488. The van der Waals surface area contributed by atoms with Gasteiger partial charge in [0.15, 0.2) is 11.6 Å². The van der Waals surface area contributed by atoms with Gasteiger partial charge in [0.1, 0.15) is 11.5 Å². The van der Waals surface area contributed by atoms with Gasteiger partial charge in [-0.15, -0.1) is 0 Å². The summed E-state index contributed by atoms with van der Waals surface area (Å²) in [5.74, 6) is -1.01. The first kappa shape index (κ1) is 17.0. The van der Waals surface area contributed by atoms with Crippen LogP contribution in [0.3, 0.4) is 0 Å². The van der Waals surface area contributed by atoms with Crippen molar-refractivity contribution >= 4 is 22.5 Å². The van der Waals surface area contributed by atoms with Crippen molar-refractivity contribution in [2.75, 3.05) is 19.0 Å². The first-order chi connectivity index (χ1) is 12.5. The van der Waals surface area contributed by atoms with E-state index in [1.165, 1.54) is 22.7 Å². The Morgan fingerprint density at radius 2 is 2.00 bits per heavy atom. The summed E-state index contributed by atoms with van der Waals surface area (Å²) < 4.78 is 28.9. The standard InChI is InChI=1S/C20H22F2N4/c1-23-12-4-8-18-15(10-12)14-6-9-19(24-20(14)26(18)3)25(2)13-5-7-16(21)17(22)11-13/h5-7,9,11-12,23H,4,8,10H2,1-3H3. The van der Waals surface area contributed by atoms with E-state index >= 15 is 0 Å². The summed E-state index contributed by atoms with van der Waals surface area (Å²) in [6, 6.07) is 8.40. The monoisotopic (exact) mass is 356 g/mol. The lowest BCUT2D eigenvalue weighted by Gasteiger charge is -2.22. The summed E-state index contributed by atoms with van der Waals surface area (Å²) >= 11 is 0. The smallest absolute Gasteiger partial charge is 0.160 e. The number of hydrogen-bond acceptors (Lipinski definition) is 3. The molecule has 4 nitrogen and oxygen atoms in total. The van der Waals surface area contributed by atoms with Gasteiger partial charge in [0, 0.05) is 43.0 Å². The Bertz CT molecular complexity index is 980. The summed E-state index contributed by atoms with van der Waals surface area (Å²) in [5.41, 5.74) is 4.19. The van der Waals surface area contributed by atoms with Crippen LogP contribution in [-0.2, 0) is 19.9 Å². The Morgan fingerprint density at radius 1 is 1.19 bits per heavy atom. The third-order valence-corrected chi connectivity index (χ3v) is 5.48. The molecule has 0 spiro atoms. The Labute approximate surface area is 151 Å². The van der Waals surface area contributed by atoms with E-state index in [1.807, 2.05) is 13.1 Å². The summed E-state index contributed by atoms with van der Waals surface area (Å²) in [5, 5.41) is 4.55. The molecule has 1 aromatic carbocycles. The highest BCUT2D eigenvalue weighted by atomic mass is 19.2. The molecule has 0 fully saturated rings. The van der Waals surface area contributed by atoms with E-state index in [9.17, 15) is 8.78 Å². The molecule has 1 atom stereocenters. The molecule has 2 aromatic heterocycles. The molecule has 0 aliphatic heterocycles. The van der Waals surface area contributed by atoms with E-state index in [1.54, 1.807) is 18.0 Å². The maximum Gasteiger partial charge on any atom is 0.160 e. The van der Waals surface area contributed by atoms with Gasteiger partial charge in [-0.1, -0.05) is 0 Å². The molecule has 4 rings (SSSR count). The van der Waals surface area contributed by atoms with Crippen LogP contribution in [-0.4, -0.2) is 29.7 Å². The van der Waals surface area contributed by atoms with Crippen molar-refractivity contribution in [1.29, 1.82) is 0 Å². The van der Waals surface area contributed by atoms with Crippen LogP contribution in [0.25, 0.3) is 11.0 Å². The summed E-state index contributed by atoms with van der Waals surface area (Å²) in [4.78, 5) is 6.58. The lowest BCUT2D eigenvalue weighted by atomic mass is 9.92. The fraction of sp³-hybridized carbons (Fsp3) is 0.350. The molecule has 136 valence electrons. The molecular formula is C20H22F2N4. The lowest BCUT2D eigenvalue weighted by Crippen LogP contribution is -2.31. The van der Waals surface area contributed by atoms with Gasteiger partial charge in [-0.3, -0.25) is 0 Å². The van der Waals surface area contributed by atoms with Gasteiger partial charge in [-0.2, -0.15) is 0 Å². The molecule has 1 aliphatic rings. The van der Waals surface area contributed by atoms with E-state index < -0.39 is 11.6 Å². The van der Waals surface area contributed by atoms with Crippen molar-refractivity contribution < 1.29 is 8.78 Å². The van der Waals surface area contributed by atoms with Gasteiger partial charge in [0.05, 0.1) is 0 Å². The SMILES string of the molecule is CNC1CCc2c(c3ccc(N(C)c4ccc(F)c(F)c4)nc3n2C)C1. The van der Waals surface area contributed by atoms with E-state index in [0.29, 0.717) is 17.5 Å². The molecule has 1 unspecified atom stereocenters. The van der Waals surface area contributed by atoms with E-state index in [4.69, 9.17) is 4.98 Å². The van der Waals surface area contributed by atoms with Gasteiger partial charge < -0.3 is 14.8 Å². The van der Waals surface area contributed by atoms with Crippen molar-refractivity contribution in [3.8, 4) is 0 Å². The first-order valence-corrected chi connectivity index (χ1v) is 8.83. The fourth-order valence-electron chi connectivity index (χ4n) is 3.88. The van der Waals surface area contributed by atoms with Crippen molar-refractivity contribution in [2.24, 2.45) is 7.05 Å². The Hall–Kier alpha value is -2.47. The molecule has 0 saturated heterocycles. The second-order valence-corrected chi connectivity index (χ2v) is 6.91. The van der Waals surface area contributed by atoms with Gasteiger partial charge in [-0.05, 0) is 56.1 Å². The molecule has 1 aliphatic carbocycles. The van der Waals surface area contributed by atoms with Crippen molar-refractivity contribution in [1.82, 2.24) is 14.9 Å². The summed E-state index contributed by atoms with van der Waals surface area (Å²) in [6.45, 7) is 0. The second kappa shape index (κ2) is 6.36. The third kappa shape index (κ3) is 2.65. The number of rotatable bonds is 3. The summed E-state index contributed by atoms with van der Waals surface area (Å²) in [6.07, 6.45) is 3.15. The topological polar surface area (TPSA) is 33.1 Å². The predicted octanol–water partition coefficient (Wildman–Crippen LogP) is 3.70. The first-order valence-electron chi connectivity index (χ1n) is 8.83. The molecule has 2 heterocycles. The average molecular weight is 356 g/mol. The molecule has 1 N–H and O–H groups in total. The second-order valence-electron chi connectivity index (χ2n) is 6.91. The third-order valence-electron chi connectivity index (χ3n) is 5.48. The minimum atomic E-state index is -0.858. The number of likely N-dealkylation sites (N-methyl/N-ethyl adjacent to an activating group) is 1. The highest BCUT2D eigenvalue weighted by molar-refractivity contribution is 5.84. The highest BCUT2D eigenvalue weighted by Gasteiger charge is 2.24. The largest absolute Gasteiger partial charge is 0.332 e. The van der Waals surface area contributed by atoms with Crippen molar-refractivity contribution in [2.45, 2.75) is 25.3 Å². The number of anilines is 2. The normalized spacial score (nSPS) is 16.7. The van der Waals surface area contributed by atoms with Crippen LogP contribution in [0, 0.1) is 11.6 Å². The highest BCUT2D eigenvalue weighted by Crippen LogP contribution is 2.33. The van der Waals surface area contributed by atoms with E-state index in [2.05, 4.69) is 23.0 Å². The zero-order chi connectivity index (χ0) is 18.4. The van der Waals surface area contributed by atoms with Gasteiger partial charge in [0.25, 0.3) is 0 Å². The van der Waals surface area contributed by atoms with Crippen LogP contribution in [0.2, 0.25) is 0 Å². The van der Waals surface area contributed by atoms with Crippen molar-refractivity contribution in [3.63, 3.8) is 0 Å². The molecule has 0 amide bonds. The number of aryl methyl sites for hydroxylation is 1. The minimum Gasteiger partial charge on any atom is -0.332 e. The molecule has 0 bridgehead atoms. The van der Waals surface area contributed by atoms with Crippen LogP contribution in [0.4, 0.5) is 20.3 Å². The zero-order valence-electron chi connectivity index (χ0n) is 15.2. The number of benzene rings is 1. The molecule has 6 heteroatoms. The number of hydrogen-bond donors (Lipinski definition) is 1. The number of aromatic nitrogens is 2. The molecule has 3 aromatic rings. The number of nitrogens with zero attached hydrogens (tertiary/aromatic N) is 3. The quantitative estimate of drug-likeness (QED) is 0.777. The fourth-order valence-corrected chi connectivity index (χ4v) is 3.88. The Morgan fingerprint density at radius 3 is 2.73 bits per heavy atom. The van der Waals surface area contributed by atoms with Crippen LogP contribution in [0.1, 0.15) is 17.7 Å². The Kier molecular flexibility index (Phi) is 4.15. The number of nitrogens with one attached hydrogen (secondary N) is 1. The number of halogens is 2. The predicted molar refractivity (Wildman–Crippen MR) is 100 cm³/mol. The zero-order valence-corrected chi connectivity index (χ0v) is 15.2. The maximum absolute atomic E-state index is 13.6. The minimum absolute atomic E-state index is 0.498. The van der Waals surface area contributed by atoms with Gasteiger partial charge in [-0.25, -0.2) is 13.8 Å². The van der Waals surface area contributed by atoms with Crippen LogP contribution in [0.5, 0.6) is 0 Å². The Balaban J connectivity index is 1.76. The van der Waals surface area contributed by atoms with Gasteiger partial charge in [0.2, 0.25) is 0 Å². The van der Waals surface area contributed by atoms with E-state index in [0.717, 1.165) is 31.0 Å². The van der Waals surface area contributed by atoms with Crippen LogP contribution >= 0.6 is 0 Å². The van der Waals surface area contributed by atoms with Crippen LogP contribution in [0.15, 0.2) is 30.3 Å². The average Bonchev–Trinajstić information content (AvgIpc) is 2.94. The summed E-state index contributed by atoms with van der Waals surface area (Å²) in [7, 11) is 5.86. The molecule has 0 saturated carbocycles. The number of pyridine rings is 1. The van der Waals surface area contributed by atoms with Crippen molar-refractivity contribution in [3.05, 3.63) is 53.2 Å². The number of fused-ring (bicyclic) bond motifs is 3. The molecular weight excluding hydrogens is 334 g/mol.